The third-order valence-corrected chi connectivity index (χ3v) is 4.67. The Hall–Kier alpha value is -3.06. The van der Waals surface area contributed by atoms with Gasteiger partial charge in [0.25, 0.3) is 5.91 Å². The molecule has 8 heteroatoms. The lowest BCUT2D eigenvalue weighted by Crippen LogP contribution is -2.31. The van der Waals surface area contributed by atoms with Gasteiger partial charge in [0.2, 0.25) is 0 Å². The molecule has 1 unspecified atom stereocenters. The van der Waals surface area contributed by atoms with E-state index in [1.165, 1.54) is 14.0 Å². The van der Waals surface area contributed by atoms with Gasteiger partial charge < -0.3 is 19.4 Å². The molecule has 0 bridgehead atoms. The summed E-state index contributed by atoms with van der Waals surface area (Å²) in [6.45, 7) is 3.45. The molecule has 3 aromatic rings. The molecule has 152 valence electrons. The first-order chi connectivity index (χ1) is 13.9. The fourth-order valence-corrected chi connectivity index (χ4v) is 3.17. The molecular formula is C21H22ClN3O4. The van der Waals surface area contributed by atoms with E-state index < -0.39 is 18.0 Å². The molecule has 1 heterocycles. The van der Waals surface area contributed by atoms with E-state index in [1.54, 1.807) is 18.2 Å². The summed E-state index contributed by atoms with van der Waals surface area (Å²) < 4.78 is 12.4. The number of carbonyl (C=O) groups is 2. The number of esters is 1. The minimum atomic E-state index is -0.994. The van der Waals surface area contributed by atoms with Crippen LogP contribution in [0.3, 0.4) is 0 Å². The van der Waals surface area contributed by atoms with Gasteiger partial charge in [-0.1, -0.05) is 30.7 Å². The van der Waals surface area contributed by atoms with Crippen LogP contribution >= 0.6 is 11.6 Å². The number of anilines is 1. The minimum Gasteiger partial charge on any atom is -0.495 e. The molecular weight excluding hydrogens is 394 g/mol. The van der Waals surface area contributed by atoms with Crippen molar-refractivity contribution in [2.24, 2.45) is 0 Å². The lowest BCUT2D eigenvalue weighted by molar-refractivity contribution is -0.153. The average molecular weight is 416 g/mol. The van der Waals surface area contributed by atoms with Crippen LogP contribution in [0, 0.1) is 0 Å². The number of halogens is 1. The highest BCUT2D eigenvalue weighted by atomic mass is 35.5. The summed E-state index contributed by atoms with van der Waals surface area (Å²) in [6, 6.07) is 12.4. The SMILES string of the molecule is CCc1nc2ccccc2n1CC(=O)OC(C)C(=O)Nc1cc(Cl)ccc1OC. The Kier molecular flexibility index (Phi) is 6.39. The number of imidazole rings is 1. The highest BCUT2D eigenvalue weighted by molar-refractivity contribution is 6.31. The number of methoxy groups -OCH3 is 1. The Balaban J connectivity index is 1.68. The molecule has 0 saturated heterocycles. The third kappa shape index (κ3) is 4.68. The predicted molar refractivity (Wildman–Crippen MR) is 111 cm³/mol. The molecule has 0 fully saturated rings. The molecule has 0 spiro atoms. The molecule has 29 heavy (non-hydrogen) atoms. The van der Waals surface area contributed by atoms with Crippen LogP contribution in [-0.2, 0) is 27.3 Å². The third-order valence-electron chi connectivity index (χ3n) is 4.43. The number of para-hydroxylation sites is 2. The number of benzene rings is 2. The number of carbonyl (C=O) groups excluding carboxylic acids is 2. The smallest absolute Gasteiger partial charge is 0.326 e. The lowest BCUT2D eigenvalue weighted by Gasteiger charge is -2.16. The summed E-state index contributed by atoms with van der Waals surface area (Å²) in [5.41, 5.74) is 2.07. The number of hydrogen-bond acceptors (Lipinski definition) is 5. The van der Waals surface area contributed by atoms with Gasteiger partial charge in [-0.2, -0.15) is 0 Å². The fourth-order valence-electron chi connectivity index (χ4n) is 3.00. The molecule has 0 aliphatic carbocycles. The van der Waals surface area contributed by atoms with Gasteiger partial charge in [0.15, 0.2) is 6.10 Å². The molecule has 2 aromatic carbocycles. The maximum atomic E-state index is 12.5. The fraction of sp³-hybridized carbons (Fsp3) is 0.286. The topological polar surface area (TPSA) is 82.5 Å². The highest BCUT2D eigenvalue weighted by Gasteiger charge is 2.21. The van der Waals surface area contributed by atoms with Crippen molar-refractivity contribution in [3.8, 4) is 5.75 Å². The number of aromatic nitrogens is 2. The van der Waals surface area contributed by atoms with Gasteiger partial charge in [0, 0.05) is 11.4 Å². The summed E-state index contributed by atoms with van der Waals surface area (Å²) in [5.74, 6) is 0.233. The monoisotopic (exact) mass is 415 g/mol. The summed E-state index contributed by atoms with van der Waals surface area (Å²) >= 11 is 5.98. The number of rotatable bonds is 7. The molecule has 0 saturated carbocycles. The van der Waals surface area contributed by atoms with Gasteiger partial charge in [0.1, 0.15) is 18.1 Å². The van der Waals surface area contributed by atoms with Crippen molar-refractivity contribution >= 4 is 40.2 Å². The van der Waals surface area contributed by atoms with E-state index in [9.17, 15) is 9.59 Å². The van der Waals surface area contributed by atoms with Crippen LogP contribution in [0.4, 0.5) is 5.69 Å². The van der Waals surface area contributed by atoms with Crippen molar-refractivity contribution < 1.29 is 19.1 Å². The van der Waals surface area contributed by atoms with Crippen LogP contribution in [0.15, 0.2) is 42.5 Å². The Morgan fingerprint density at radius 1 is 1.24 bits per heavy atom. The number of amides is 1. The summed E-state index contributed by atoms with van der Waals surface area (Å²) in [6.07, 6.45) is -0.321. The zero-order valence-electron chi connectivity index (χ0n) is 16.4. The van der Waals surface area contributed by atoms with Gasteiger partial charge in [-0.15, -0.1) is 0 Å². The zero-order chi connectivity index (χ0) is 21.0. The van der Waals surface area contributed by atoms with E-state index in [0.29, 0.717) is 22.9 Å². The van der Waals surface area contributed by atoms with E-state index in [-0.39, 0.29) is 6.54 Å². The van der Waals surface area contributed by atoms with Crippen molar-refractivity contribution in [3.63, 3.8) is 0 Å². The Labute approximate surface area is 173 Å². The number of ether oxygens (including phenoxy) is 2. The second kappa shape index (κ2) is 8.96. The summed E-state index contributed by atoms with van der Waals surface area (Å²) in [5, 5.41) is 3.12. The molecule has 3 rings (SSSR count). The Bertz CT molecular complexity index is 1050. The standard InChI is InChI=1S/C21H22ClN3O4/c1-4-19-23-15-7-5-6-8-17(15)25(19)12-20(26)29-13(2)21(27)24-16-11-14(22)9-10-18(16)28-3/h5-11,13H,4,12H2,1-3H3,(H,24,27). The van der Waals surface area contributed by atoms with Gasteiger partial charge in [-0.25, -0.2) is 4.98 Å². The van der Waals surface area contributed by atoms with Crippen LogP contribution in [0.2, 0.25) is 5.02 Å². The van der Waals surface area contributed by atoms with E-state index >= 15 is 0 Å². The zero-order valence-corrected chi connectivity index (χ0v) is 17.2. The van der Waals surface area contributed by atoms with E-state index in [0.717, 1.165) is 16.9 Å². The quantitative estimate of drug-likeness (QED) is 0.593. The first kappa shape index (κ1) is 20.7. The lowest BCUT2D eigenvalue weighted by atomic mass is 10.2. The van der Waals surface area contributed by atoms with Gasteiger partial charge in [-0.05, 0) is 37.3 Å². The molecule has 7 nitrogen and oxygen atoms in total. The normalized spacial score (nSPS) is 11.9. The van der Waals surface area contributed by atoms with Crippen molar-refractivity contribution in [2.75, 3.05) is 12.4 Å². The van der Waals surface area contributed by atoms with Crippen LogP contribution in [0.1, 0.15) is 19.7 Å². The number of nitrogens with one attached hydrogen (secondary N) is 1. The number of aryl methyl sites for hydroxylation is 1. The number of hydrogen-bond donors (Lipinski definition) is 1. The minimum absolute atomic E-state index is 0.0260. The van der Waals surface area contributed by atoms with Gasteiger partial charge in [-0.3, -0.25) is 9.59 Å². The highest BCUT2D eigenvalue weighted by Crippen LogP contribution is 2.27. The summed E-state index contributed by atoms with van der Waals surface area (Å²) in [7, 11) is 1.49. The van der Waals surface area contributed by atoms with Gasteiger partial charge in [0.05, 0.1) is 23.8 Å². The molecule has 1 aromatic heterocycles. The van der Waals surface area contributed by atoms with Crippen LogP contribution in [0.5, 0.6) is 5.75 Å². The first-order valence-corrected chi connectivity index (χ1v) is 9.58. The largest absolute Gasteiger partial charge is 0.495 e. The molecule has 0 aliphatic heterocycles. The maximum Gasteiger partial charge on any atom is 0.326 e. The van der Waals surface area contributed by atoms with Gasteiger partial charge >= 0.3 is 5.97 Å². The molecule has 0 radical (unpaired) electrons. The second-order valence-corrected chi connectivity index (χ2v) is 6.86. The van der Waals surface area contributed by atoms with E-state index in [4.69, 9.17) is 21.1 Å². The van der Waals surface area contributed by atoms with E-state index in [2.05, 4.69) is 10.3 Å². The average Bonchev–Trinajstić information content (AvgIpc) is 3.05. The van der Waals surface area contributed by atoms with Crippen LogP contribution < -0.4 is 10.1 Å². The van der Waals surface area contributed by atoms with Crippen molar-refractivity contribution in [1.82, 2.24) is 9.55 Å². The molecule has 1 N–H and O–H groups in total. The molecule has 1 atom stereocenters. The van der Waals surface area contributed by atoms with E-state index in [1.807, 2.05) is 35.8 Å². The van der Waals surface area contributed by atoms with Crippen molar-refractivity contribution in [2.45, 2.75) is 32.9 Å². The predicted octanol–water partition coefficient (Wildman–Crippen LogP) is 3.83. The number of fused-ring (bicyclic) bond motifs is 1. The van der Waals surface area contributed by atoms with Crippen molar-refractivity contribution in [3.05, 3.63) is 53.3 Å². The Morgan fingerprint density at radius 3 is 2.72 bits per heavy atom. The summed E-state index contributed by atoms with van der Waals surface area (Å²) in [4.78, 5) is 29.5. The Morgan fingerprint density at radius 2 is 2.00 bits per heavy atom. The number of nitrogens with zero attached hydrogens (tertiary/aromatic N) is 2. The van der Waals surface area contributed by atoms with Crippen molar-refractivity contribution in [1.29, 1.82) is 0 Å². The second-order valence-electron chi connectivity index (χ2n) is 6.42. The molecule has 1 amide bonds. The van der Waals surface area contributed by atoms with Crippen LogP contribution in [-0.4, -0.2) is 34.6 Å². The molecule has 0 aliphatic rings. The maximum absolute atomic E-state index is 12.5. The van der Waals surface area contributed by atoms with Crippen LogP contribution in [0.25, 0.3) is 11.0 Å². The first-order valence-electron chi connectivity index (χ1n) is 9.21.